The van der Waals surface area contributed by atoms with Gasteiger partial charge in [0.05, 0.1) is 0 Å². The van der Waals surface area contributed by atoms with Gasteiger partial charge in [-0.3, -0.25) is 0 Å². The molecule has 2 heteroatoms. The van der Waals surface area contributed by atoms with Crippen molar-refractivity contribution < 1.29 is 0 Å². The fourth-order valence-electron chi connectivity index (χ4n) is 0.874. The Morgan fingerprint density at radius 1 is 1.33 bits per heavy atom. The Morgan fingerprint density at radius 2 is 2.11 bits per heavy atom. The molecule has 0 saturated carbocycles. The molecule has 1 aliphatic carbocycles. The molecule has 0 aromatic rings. The number of nitrogens with one attached hydrogen (secondary N) is 2. The molecule has 0 spiro atoms. The second-order valence-corrected chi connectivity index (χ2v) is 2.03. The number of hydrogen-bond donors (Lipinski definition) is 2. The van der Waals surface area contributed by atoms with Gasteiger partial charge in [0.1, 0.15) is 0 Å². The van der Waals surface area contributed by atoms with E-state index in [0.717, 1.165) is 6.42 Å². The van der Waals surface area contributed by atoms with Gasteiger partial charge in [-0.2, -0.15) is 0 Å². The Labute approximate surface area is 55.6 Å². The summed E-state index contributed by atoms with van der Waals surface area (Å²) in [6.45, 7) is 0. The summed E-state index contributed by atoms with van der Waals surface area (Å²) in [6, 6.07) is 0. The van der Waals surface area contributed by atoms with Crippen LogP contribution in [0.25, 0.3) is 0 Å². The second kappa shape index (κ2) is 2.58. The van der Waals surface area contributed by atoms with Crippen molar-refractivity contribution in [3.05, 3.63) is 23.5 Å². The van der Waals surface area contributed by atoms with Crippen LogP contribution in [0.15, 0.2) is 23.5 Å². The Bertz CT molecular complexity index is 156. The van der Waals surface area contributed by atoms with Crippen LogP contribution < -0.4 is 10.6 Å². The van der Waals surface area contributed by atoms with Crippen LogP contribution in [0.5, 0.6) is 0 Å². The quantitative estimate of drug-likeness (QED) is 0.563. The van der Waals surface area contributed by atoms with E-state index < -0.39 is 0 Å². The number of hydrogen-bond acceptors (Lipinski definition) is 2. The van der Waals surface area contributed by atoms with Crippen molar-refractivity contribution in [3.63, 3.8) is 0 Å². The van der Waals surface area contributed by atoms with Gasteiger partial charge in [0.15, 0.2) is 0 Å². The minimum atomic E-state index is 1.03. The third-order valence-corrected chi connectivity index (χ3v) is 1.48. The smallest absolute Gasteiger partial charge is 0.0318 e. The molecule has 9 heavy (non-hydrogen) atoms. The molecule has 0 atom stereocenters. The topological polar surface area (TPSA) is 24.1 Å². The first kappa shape index (κ1) is 6.20. The van der Waals surface area contributed by atoms with E-state index in [1.165, 1.54) is 11.4 Å². The fourth-order valence-corrected chi connectivity index (χ4v) is 0.874. The fraction of sp³-hybridized carbons (Fsp3) is 0.429. The molecule has 0 bridgehead atoms. The molecule has 0 amide bonds. The van der Waals surface area contributed by atoms with E-state index in [0.29, 0.717) is 0 Å². The van der Waals surface area contributed by atoms with Crippen LogP contribution in [0, 0.1) is 0 Å². The first-order valence-corrected chi connectivity index (χ1v) is 3.13. The zero-order chi connectivity index (χ0) is 6.69. The molecule has 0 aromatic heterocycles. The Balaban J connectivity index is 2.52. The normalized spacial score (nSPS) is 16.7. The Kier molecular flexibility index (Phi) is 1.78. The minimum Gasteiger partial charge on any atom is -0.391 e. The average molecular weight is 124 g/mol. The van der Waals surface area contributed by atoms with Crippen LogP contribution in [-0.4, -0.2) is 14.1 Å². The highest BCUT2D eigenvalue weighted by atomic mass is 14.9. The van der Waals surface area contributed by atoms with Gasteiger partial charge in [-0.15, -0.1) is 0 Å². The molecule has 2 nitrogen and oxygen atoms in total. The van der Waals surface area contributed by atoms with Crippen molar-refractivity contribution >= 4 is 0 Å². The third kappa shape index (κ3) is 1.25. The van der Waals surface area contributed by atoms with Gasteiger partial charge in [-0.25, -0.2) is 0 Å². The lowest BCUT2D eigenvalue weighted by molar-refractivity contribution is 0.952. The molecule has 0 heterocycles. The van der Waals surface area contributed by atoms with Crippen LogP contribution in [0.2, 0.25) is 0 Å². The standard InChI is InChI=1S/C7H12N2/c1-8-6-3-4-7(5-6)9-2/h3,5,8-9H,4H2,1-2H3. The average Bonchev–Trinajstić information content (AvgIpc) is 2.34. The largest absolute Gasteiger partial charge is 0.391 e. The van der Waals surface area contributed by atoms with Gasteiger partial charge < -0.3 is 10.6 Å². The van der Waals surface area contributed by atoms with E-state index in [1.54, 1.807) is 0 Å². The van der Waals surface area contributed by atoms with Crippen LogP contribution in [-0.2, 0) is 0 Å². The van der Waals surface area contributed by atoms with E-state index >= 15 is 0 Å². The van der Waals surface area contributed by atoms with Crippen molar-refractivity contribution in [3.8, 4) is 0 Å². The number of likely N-dealkylation sites (N-methyl/N-ethyl adjacent to an activating group) is 1. The van der Waals surface area contributed by atoms with Crippen LogP contribution in [0.4, 0.5) is 0 Å². The number of allylic oxidation sites excluding steroid dienone is 2. The van der Waals surface area contributed by atoms with Crippen LogP contribution >= 0.6 is 0 Å². The monoisotopic (exact) mass is 124 g/mol. The van der Waals surface area contributed by atoms with E-state index in [1.807, 2.05) is 14.1 Å². The molecule has 0 saturated heterocycles. The SMILES string of the molecule is CNC1=CCC(NC)=C1. The lowest BCUT2D eigenvalue weighted by atomic mass is 10.4. The summed E-state index contributed by atoms with van der Waals surface area (Å²) in [7, 11) is 3.87. The third-order valence-electron chi connectivity index (χ3n) is 1.48. The molecule has 0 unspecified atom stereocenters. The minimum absolute atomic E-state index is 1.03. The molecule has 0 aliphatic heterocycles. The molecule has 0 fully saturated rings. The molecule has 1 aliphatic rings. The van der Waals surface area contributed by atoms with Gasteiger partial charge in [-0.1, -0.05) is 6.08 Å². The van der Waals surface area contributed by atoms with Crippen molar-refractivity contribution in [2.24, 2.45) is 0 Å². The molecule has 1 rings (SSSR count). The summed E-state index contributed by atoms with van der Waals surface area (Å²) in [5.41, 5.74) is 2.48. The summed E-state index contributed by atoms with van der Waals surface area (Å²) < 4.78 is 0. The first-order valence-electron chi connectivity index (χ1n) is 3.13. The molecule has 50 valence electrons. The molecule has 0 radical (unpaired) electrons. The van der Waals surface area contributed by atoms with Gasteiger partial charge in [-0.05, 0) is 6.08 Å². The summed E-state index contributed by atoms with van der Waals surface area (Å²) >= 11 is 0. The van der Waals surface area contributed by atoms with E-state index in [4.69, 9.17) is 0 Å². The predicted octanol–water partition coefficient (Wildman–Crippen LogP) is 0.597. The molecular formula is C7H12N2. The van der Waals surface area contributed by atoms with Crippen molar-refractivity contribution in [1.29, 1.82) is 0 Å². The highest BCUT2D eigenvalue weighted by Crippen LogP contribution is 2.10. The lowest BCUT2D eigenvalue weighted by Crippen LogP contribution is -2.04. The maximum Gasteiger partial charge on any atom is 0.0318 e. The van der Waals surface area contributed by atoms with E-state index in [9.17, 15) is 0 Å². The van der Waals surface area contributed by atoms with Gasteiger partial charge in [0.25, 0.3) is 0 Å². The maximum atomic E-state index is 3.10. The first-order chi connectivity index (χ1) is 4.36. The molecule has 0 aromatic carbocycles. The lowest BCUT2D eigenvalue weighted by Gasteiger charge is -1.95. The highest BCUT2D eigenvalue weighted by molar-refractivity contribution is 5.29. The van der Waals surface area contributed by atoms with Gasteiger partial charge in [0, 0.05) is 31.9 Å². The molecular weight excluding hydrogens is 112 g/mol. The van der Waals surface area contributed by atoms with Crippen molar-refractivity contribution in [1.82, 2.24) is 10.6 Å². The Hall–Kier alpha value is -0.920. The van der Waals surface area contributed by atoms with Gasteiger partial charge in [0.2, 0.25) is 0 Å². The highest BCUT2D eigenvalue weighted by Gasteiger charge is 2.00. The summed E-state index contributed by atoms with van der Waals surface area (Å²) in [5.74, 6) is 0. The van der Waals surface area contributed by atoms with E-state index in [-0.39, 0.29) is 0 Å². The van der Waals surface area contributed by atoms with Crippen molar-refractivity contribution in [2.45, 2.75) is 6.42 Å². The maximum absolute atomic E-state index is 3.10. The van der Waals surface area contributed by atoms with Gasteiger partial charge >= 0.3 is 0 Å². The zero-order valence-corrected chi connectivity index (χ0v) is 5.86. The van der Waals surface area contributed by atoms with Crippen LogP contribution in [0.3, 0.4) is 0 Å². The zero-order valence-electron chi connectivity index (χ0n) is 5.86. The molecule has 2 N–H and O–H groups in total. The second-order valence-electron chi connectivity index (χ2n) is 2.03. The predicted molar refractivity (Wildman–Crippen MR) is 38.9 cm³/mol. The van der Waals surface area contributed by atoms with Crippen molar-refractivity contribution in [2.75, 3.05) is 14.1 Å². The Morgan fingerprint density at radius 3 is 2.44 bits per heavy atom. The van der Waals surface area contributed by atoms with E-state index in [2.05, 4.69) is 22.8 Å². The summed E-state index contributed by atoms with van der Waals surface area (Å²) in [6.07, 6.45) is 5.30. The van der Waals surface area contributed by atoms with Crippen LogP contribution in [0.1, 0.15) is 6.42 Å². The summed E-state index contributed by atoms with van der Waals surface area (Å²) in [4.78, 5) is 0. The summed E-state index contributed by atoms with van der Waals surface area (Å²) in [5, 5.41) is 6.17. The number of rotatable bonds is 2.